The lowest BCUT2D eigenvalue weighted by Crippen LogP contribution is -2.20. The molecule has 25 heavy (non-hydrogen) atoms. The molecule has 128 valence electrons. The van der Waals surface area contributed by atoms with Crippen molar-refractivity contribution in [2.24, 2.45) is 0 Å². The lowest BCUT2D eigenvalue weighted by atomic mass is 9.82. The van der Waals surface area contributed by atoms with Crippen LogP contribution in [0, 0.1) is 0 Å². The molecule has 0 aliphatic rings. The molecule has 7 heteroatoms. The van der Waals surface area contributed by atoms with E-state index in [1.807, 2.05) is 26.0 Å². The molecule has 0 unspecified atom stereocenters. The van der Waals surface area contributed by atoms with Crippen LogP contribution >= 0.6 is 11.6 Å². The molecule has 0 saturated heterocycles. The number of pyridine rings is 1. The molecule has 0 fully saturated rings. The number of hydrogen-bond acceptors (Lipinski definition) is 3. The Bertz CT molecular complexity index is 987. The van der Waals surface area contributed by atoms with Crippen molar-refractivity contribution in [3.05, 3.63) is 80.9 Å². The minimum Gasteiger partial charge on any atom is -0.478 e. The van der Waals surface area contributed by atoms with Gasteiger partial charge in [0.25, 0.3) is 5.56 Å². The largest absolute Gasteiger partial charge is 0.478 e. The third-order valence-electron chi connectivity index (χ3n) is 4.18. The van der Waals surface area contributed by atoms with Crippen LogP contribution in [0.25, 0.3) is 5.82 Å². The number of aromatic nitrogens is 3. The summed E-state index contributed by atoms with van der Waals surface area (Å²) in [6.45, 7) is 3.96. The Morgan fingerprint density at radius 1 is 1.20 bits per heavy atom. The summed E-state index contributed by atoms with van der Waals surface area (Å²) < 4.78 is 1.24. The minimum atomic E-state index is -1.08. The van der Waals surface area contributed by atoms with Crippen molar-refractivity contribution in [1.82, 2.24) is 14.8 Å². The molecule has 2 heterocycles. The summed E-state index contributed by atoms with van der Waals surface area (Å²) in [5.74, 6) is -0.854. The van der Waals surface area contributed by atoms with Crippen molar-refractivity contribution in [3.8, 4) is 5.82 Å². The van der Waals surface area contributed by atoms with Gasteiger partial charge >= 0.3 is 5.97 Å². The first-order valence-electron chi connectivity index (χ1n) is 7.57. The van der Waals surface area contributed by atoms with Crippen LogP contribution in [-0.4, -0.2) is 25.8 Å². The van der Waals surface area contributed by atoms with Crippen LogP contribution in [0.4, 0.5) is 0 Å². The zero-order chi connectivity index (χ0) is 18.2. The van der Waals surface area contributed by atoms with E-state index in [9.17, 15) is 9.59 Å². The number of aromatic carboxylic acids is 1. The molecule has 1 aromatic carbocycles. The molecule has 6 nitrogen and oxygen atoms in total. The maximum atomic E-state index is 12.4. The quantitative estimate of drug-likeness (QED) is 0.750. The second-order valence-electron chi connectivity index (χ2n) is 6.18. The summed E-state index contributed by atoms with van der Waals surface area (Å²) in [5, 5.41) is 12.8. The van der Waals surface area contributed by atoms with E-state index in [0.29, 0.717) is 10.7 Å². The molecule has 0 aliphatic carbocycles. The fraction of sp³-hybridized carbons (Fsp3) is 0.167. The van der Waals surface area contributed by atoms with Crippen LogP contribution in [0.2, 0.25) is 5.02 Å². The molecule has 0 atom stereocenters. The standard InChI is InChI=1S/C18H16ClN3O3/c1-18(2,12-3-5-13(19)6-4-12)14-10-16(23)22(21-14)15-9-11(17(24)25)7-8-20-15/h3-10,21H,1-2H3,(H,24,25). The van der Waals surface area contributed by atoms with Crippen LogP contribution in [0.5, 0.6) is 0 Å². The highest BCUT2D eigenvalue weighted by atomic mass is 35.5. The summed E-state index contributed by atoms with van der Waals surface area (Å²) in [4.78, 5) is 27.6. The molecular weight excluding hydrogens is 342 g/mol. The summed E-state index contributed by atoms with van der Waals surface area (Å²) in [7, 11) is 0. The molecule has 0 amide bonds. The predicted molar refractivity (Wildman–Crippen MR) is 94.7 cm³/mol. The Balaban J connectivity index is 2.05. The van der Waals surface area contributed by atoms with Crippen molar-refractivity contribution < 1.29 is 9.90 Å². The topological polar surface area (TPSA) is 88.0 Å². The smallest absolute Gasteiger partial charge is 0.335 e. The predicted octanol–water partition coefficient (Wildman–Crippen LogP) is 3.24. The molecule has 2 aromatic heterocycles. The van der Waals surface area contributed by atoms with Gasteiger partial charge in [-0.15, -0.1) is 0 Å². The van der Waals surface area contributed by atoms with Crippen molar-refractivity contribution in [1.29, 1.82) is 0 Å². The van der Waals surface area contributed by atoms with Gasteiger partial charge in [-0.1, -0.05) is 37.6 Å². The van der Waals surface area contributed by atoms with E-state index in [4.69, 9.17) is 16.7 Å². The molecule has 0 radical (unpaired) electrons. The van der Waals surface area contributed by atoms with Gasteiger partial charge in [0.1, 0.15) is 0 Å². The van der Waals surface area contributed by atoms with Gasteiger partial charge in [-0.25, -0.2) is 14.5 Å². The van der Waals surface area contributed by atoms with Gasteiger partial charge in [-0.05, 0) is 29.8 Å². The minimum absolute atomic E-state index is 0.0602. The Labute approximate surface area is 148 Å². The highest BCUT2D eigenvalue weighted by Gasteiger charge is 2.26. The number of nitrogens with zero attached hydrogens (tertiary/aromatic N) is 2. The van der Waals surface area contributed by atoms with Gasteiger partial charge < -0.3 is 5.11 Å². The van der Waals surface area contributed by atoms with Gasteiger partial charge in [0.05, 0.1) is 5.56 Å². The van der Waals surface area contributed by atoms with E-state index in [2.05, 4.69) is 10.1 Å². The van der Waals surface area contributed by atoms with E-state index >= 15 is 0 Å². The third-order valence-corrected chi connectivity index (χ3v) is 4.43. The van der Waals surface area contributed by atoms with Crippen molar-refractivity contribution in [2.75, 3.05) is 0 Å². The van der Waals surface area contributed by atoms with E-state index in [1.165, 1.54) is 29.1 Å². The molecular formula is C18H16ClN3O3. The first-order valence-corrected chi connectivity index (χ1v) is 7.95. The zero-order valence-corrected chi connectivity index (χ0v) is 14.4. The molecule has 2 N–H and O–H groups in total. The highest BCUT2D eigenvalue weighted by molar-refractivity contribution is 6.30. The van der Waals surface area contributed by atoms with Crippen LogP contribution in [0.15, 0.2) is 53.5 Å². The highest BCUT2D eigenvalue weighted by Crippen LogP contribution is 2.30. The average Bonchev–Trinajstić information content (AvgIpc) is 2.98. The third kappa shape index (κ3) is 3.21. The normalized spacial score (nSPS) is 11.5. The Morgan fingerprint density at radius 2 is 1.88 bits per heavy atom. The van der Waals surface area contributed by atoms with Crippen molar-refractivity contribution in [3.63, 3.8) is 0 Å². The summed E-state index contributed by atoms with van der Waals surface area (Å²) in [6, 6.07) is 11.6. The molecule has 3 aromatic rings. The summed E-state index contributed by atoms with van der Waals surface area (Å²) in [6.07, 6.45) is 1.36. The van der Waals surface area contributed by atoms with Crippen LogP contribution in [0.1, 0.15) is 35.5 Å². The SMILES string of the molecule is CC(C)(c1ccc(Cl)cc1)c1cc(=O)n(-c2cc(C(=O)O)ccn2)[nH]1. The summed E-state index contributed by atoms with van der Waals surface area (Å²) >= 11 is 5.94. The first kappa shape index (κ1) is 17.0. The van der Waals surface area contributed by atoms with E-state index in [0.717, 1.165) is 5.56 Å². The second kappa shape index (κ2) is 6.22. The van der Waals surface area contributed by atoms with Crippen LogP contribution < -0.4 is 5.56 Å². The molecule has 0 spiro atoms. The van der Waals surface area contributed by atoms with Crippen LogP contribution in [0.3, 0.4) is 0 Å². The second-order valence-corrected chi connectivity index (χ2v) is 6.62. The summed E-state index contributed by atoms with van der Waals surface area (Å²) in [5.41, 5.74) is 0.941. The Kier molecular flexibility index (Phi) is 4.22. The Hall–Kier alpha value is -2.86. The number of aromatic amines is 1. The van der Waals surface area contributed by atoms with E-state index < -0.39 is 11.4 Å². The lowest BCUT2D eigenvalue weighted by molar-refractivity contribution is 0.0696. The number of carboxylic acid groups (broad SMARTS) is 1. The van der Waals surface area contributed by atoms with E-state index in [-0.39, 0.29) is 16.9 Å². The van der Waals surface area contributed by atoms with Gasteiger partial charge in [0.2, 0.25) is 0 Å². The number of carboxylic acids is 1. The monoisotopic (exact) mass is 357 g/mol. The number of rotatable bonds is 4. The number of benzene rings is 1. The maximum Gasteiger partial charge on any atom is 0.335 e. The fourth-order valence-electron chi connectivity index (χ4n) is 2.58. The lowest BCUT2D eigenvalue weighted by Gasteiger charge is -2.23. The molecule has 0 saturated carbocycles. The number of hydrogen-bond donors (Lipinski definition) is 2. The fourth-order valence-corrected chi connectivity index (χ4v) is 2.71. The van der Waals surface area contributed by atoms with Crippen molar-refractivity contribution >= 4 is 17.6 Å². The van der Waals surface area contributed by atoms with Gasteiger partial charge in [-0.2, -0.15) is 0 Å². The zero-order valence-electron chi connectivity index (χ0n) is 13.7. The molecule has 0 bridgehead atoms. The first-order chi connectivity index (χ1) is 11.8. The van der Waals surface area contributed by atoms with Crippen molar-refractivity contribution in [2.45, 2.75) is 19.3 Å². The number of H-pyrrole nitrogens is 1. The van der Waals surface area contributed by atoms with Gasteiger partial charge in [0, 0.05) is 28.4 Å². The van der Waals surface area contributed by atoms with Gasteiger partial charge in [0.15, 0.2) is 5.82 Å². The van der Waals surface area contributed by atoms with Crippen LogP contribution in [-0.2, 0) is 5.41 Å². The van der Waals surface area contributed by atoms with Gasteiger partial charge in [-0.3, -0.25) is 9.89 Å². The molecule has 3 rings (SSSR count). The Morgan fingerprint density at radius 3 is 2.52 bits per heavy atom. The number of carbonyl (C=O) groups is 1. The number of nitrogens with one attached hydrogen (secondary N) is 1. The average molecular weight is 358 g/mol. The number of halogens is 1. The maximum absolute atomic E-state index is 12.4. The molecule has 0 aliphatic heterocycles. The van der Waals surface area contributed by atoms with E-state index in [1.54, 1.807) is 12.1 Å².